The van der Waals surface area contributed by atoms with Gasteiger partial charge in [0.05, 0.1) is 37.1 Å². The lowest BCUT2D eigenvalue weighted by Gasteiger charge is -2.35. The number of anilines is 1. The molecule has 8 heteroatoms. The summed E-state index contributed by atoms with van der Waals surface area (Å²) < 4.78 is 19.8. The molecule has 1 saturated heterocycles. The molecular formula is C21H26FN5O2. The maximum Gasteiger partial charge on any atom is 0.226 e. The number of rotatable bonds is 5. The Balaban J connectivity index is 1.59. The zero-order valence-corrected chi connectivity index (χ0v) is 16.7. The molecule has 0 bridgehead atoms. The molecule has 0 spiro atoms. The highest BCUT2D eigenvalue weighted by Crippen LogP contribution is 2.37. The summed E-state index contributed by atoms with van der Waals surface area (Å²) in [6.45, 7) is 4.24. The van der Waals surface area contributed by atoms with Crippen molar-refractivity contribution < 1.29 is 14.2 Å². The molecule has 29 heavy (non-hydrogen) atoms. The van der Waals surface area contributed by atoms with Gasteiger partial charge in [-0.15, -0.1) is 0 Å². The lowest BCUT2D eigenvalue weighted by molar-refractivity contribution is 0.245. The van der Waals surface area contributed by atoms with Crippen LogP contribution in [-0.2, 0) is 0 Å². The van der Waals surface area contributed by atoms with E-state index in [9.17, 15) is 9.50 Å². The van der Waals surface area contributed by atoms with Crippen molar-refractivity contribution in [1.82, 2.24) is 20.6 Å². The predicted molar refractivity (Wildman–Crippen MR) is 109 cm³/mol. The SMILES string of the molecule is COc1cccc(F)c1C1=CNC(c2cc(C)nc(N3CCNC[C@@H]3CO)n2)C1. The molecule has 154 valence electrons. The topological polar surface area (TPSA) is 82.5 Å². The van der Waals surface area contributed by atoms with Crippen LogP contribution >= 0.6 is 0 Å². The summed E-state index contributed by atoms with van der Waals surface area (Å²) in [5.74, 6) is 0.841. The molecule has 3 N–H and O–H groups in total. The number of ether oxygens (including phenoxy) is 1. The largest absolute Gasteiger partial charge is 0.496 e. The van der Waals surface area contributed by atoms with Crippen LogP contribution in [0.5, 0.6) is 5.75 Å². The molecular weight excluding hydrogens is 373 g/mol. The highest BCUT2D eigenvalue weighted by Gasteiger charge is 2.28. The van der Waals surface area contributed by atoms with Gasteiger partial charge in [-0.05, 0) is 30.7 Å². The second-order valence-corrected chi connectivity index (χ2v) is 7.38. The quantitative estimate of drug-likeness (QED) is 0.707. The van der Waals surface area contributed by atoms with Crippen LogP contribution < -0.4 is 20.3 Å². The van der Waals surface area contributed by atoms with Gasteiger partial charge in [-0.2, -0.15) is 0 Å². The number of hydrogen-bond donors (Lipinski definition) is 3. The highest BCUT2D eigenvalue weighted by atomic mass is 19.1. The van der Waals surface area contributed by atoms with Crippen molar-refractivity contribution in [2.24, 2.45) is 0 Å². The van der Waals surface area contributed by atoms with Gasteiger partial charge in [0.1, 0.15) is 11.6 Å². The third-order valence-corrected chi connectivity index (χ3v) is 5.44. The minimum Gasteiger partial charge on any atom is -0.496 e. The lowest BCUT2D eigenvalue weighted by Crippen LogP contribution is -2.53. The van der Waals surface area contributed by atoms with Crippen LogP contribution in [-0.4, -0.2) is 54.5 Å². The first kappa shape index (κ1) is 19.6. The fourth-order valence-corrected chi connectivity index (χ4v) is 3.96. The number of aryl methyl sites for hydroxylation is 1. The van der Waals surface area contributed by atoms with Gasteiger partial charge in [-0.1, -0.05) is 6.07 Å². The second kappa shape index (κ2) is 8.34. The molecule has 1 aromatic heterocycles. The van der Waals surface area contributed by atoms with Gasteiger partial charge in [0.2, 0.25) is 5.95 Å². The van der Waals surface area contributed by atoms with Crippen molar-refractivity contribution in [3.63, 3.8) is 0 Å². The molecule has 2 atom stereocenters. The zero-order valence-electron chi connectivity index (χ0n) is 16.7. The van der Waals surface area contributed by atoms with E-state index in [-0.39, 0.29) is 24.5 Å². The van der Waals surface area contributed by atoms with E-state index >= 15 is 0 Å². The third-order valence-electron chi connectivity index (χ3n) is 5.44. The molecule has 1 fully saturated rings. The van der Waals surface area contributed by atoms with Crippen LogP contribution in [0.25, 0.3) is 5.57 Å². The van der Waals surface area contributed by atoms with Crippen molar-refractivity contribution >= 4 is 11.5 Å². The highest BCUT2D eigenvalue weighted by molar-refractivity contribution is 5.73. The molecule has 4 rings (SSSR count). The Morgan fingerprint density at radius 2 is 2.21 bits per heavy atom. The van der Waals surface area contributed by atoms with Gasteiger partial charge >= 0.3 is 0 Å². The maximum absolute atomic E-state index is 14.5. The van der Waals surface area contributed by atoms with Gasteiger partial charge in [-0.3, -0.25) is 0 Å². The predicted octanol–water partition coefficient (Wildman–Crippen LogP) is 1.78. The van der Waals surface area contributed by atoms with E-state index in [0.29, 0.717) is 30.2 Å². The minimum absolute atomic E-state index is 0.0418. The zero-order chi connectivity index (χ0) is 20.4. The number of aromatic nitrogens is 2. The Kier molecular flexibility index (Phi) is 5.64. The number of aliphatic hydroxyl groups is 1. The number of piperazine rings is 1. The number of methoxy groups -OCH3 is 1. The van der Waals surface area contributed by atoms with Crippen LogP contribution in [0.3, 0.4) is 0 Å². The third kappa shape index (κ3) is 3.90. The average molecular weight is 399 g/mol. The van der Waals surface area contributed by atoms with Gasteiger partial charge in [0.25, 0.3) is 0 Å². The Labute approximate surface area is 169 Å². The van der Waals surface area contributed by atoms with Crippen molar-refractivity contribution in [2.75, 3.05) is 38.3 Å². The number of hydrogen-bond acceptors (Lipinski definition) is 7. The van der Waals surface area contributed by atoms with E-state index in [1.807, 2.05) is 19.2 Å². The fourth-order valence-electron chi connectivity index (χ4n) is 3.96. The first-order valence-corrected chi connectivity index (χ1v) is 9.82. The van der Waals surface area contributed by atoms with Crippen molar-refractivity contribution in [3.8, 4) is 5.75 Å². The molecule has 2 aliphatic rings. The Morgan fingerprint density at radius 1 is 1.34 bits per heavy atom. The van der Waals surface area contributed by atoms with Gasteiger partial charge in [0.15, 0.2) is 0 Å². The van der Waals surface area contributed by atoms with Crippen molar-refractivity contribution in [1.29, 1.82) is 0 Å². The van der Waals surface area contributed by atoms with Crippen LogP contribution in [0, 0.1) is 12.7 Å². The van der Waals surface area contributed by atoms with E-state index in [2.05, 4.69) is 20.5 Å². The summed E-state index contributed by atoms with van der Waals surface area (Å²) in [5, 5.41) is 16.3. The van der Waals surface area contributed by atoms with Gasteiger partial charge in [0, 0.05) is 37.9 Å². The second-order valence-electron chi connectivity index (χ2n) is 7.38. The summed E-state index contributed by atoms with van der Waals surface area (Å²) in [5.41, 5.74) is 3.04. The minimum atomic E-state index is -0.302. The summed E-state index contributed by atoms with van der Waals surface area (Å²) in [6.07, 6.45) is 2.43. The number of nitrogens with zero attached hydrogens (tertiary/aromatic N) is 3. The fraction of sp³-hybridized carbons (Fsp3) is 0.429. The van der Waals surface area contributed by atoms with Crippen LogP contribution in [0.15, 0.2) is 30.5 Å². The molecule has 0 amide bonds. The molecule has 7 nitrogen and oxygen atoms in total. The number of benzene rings is 1. The first-order valence-electron chi connectivity index (χ1n) is 9.82. The summed E-state index contributed by atoms with van der Waals surface area (Å²) in [7, 11) is 1.55. The molecule has 0 aliphatic carbocycles. The maximum atomic E-state index is 14.5. The summed E-state index contributed by atoms with van der Waals surface area (Å²) in [4.78, 5) is 11.4. The smallest absolute Gasteiger partial charge is 0.226 e. The molecule has 0 saturated carbocycles. The van der Waals surface area contributed by atoms with E-state index in [4.69, 9.17) is 9.72 Å². The van der Waals surface area contributed by atoms with Crippen molar-refractivity contribution in [3.05, 3.63) is 53.2 Å². The van der Waals surface area contributed by atoms with Crippen LogP contribution in [0.2, 0.25) is 0 Å². The monoisotopic (exact) mass is 399 g/mol. The first-order chi connectivity index (χ1) is 14.1. The summed E-state index contributed by atoms with van der Waals surface area (Å²) in [6, 6.07) is 6.67. The van der Waals surface area contributed by atoms with Gasteiger partial charge in [-0.25, -0.2) is 14.4 Å². The van der Waals surface area contributed by atoms with E-state index in [0.717, 1.165) is 30.1 Å². The van der Waals surface area contributed by atoms with Crippen LogP contribution in [0.1, 0.15) is 29.4 Å². The number of aliphatic hydroxyl groups excluding tert-OH is 1. The standard InChI is InChI=1S/C21H26FN5O2/c1-13-8-18(26-21(25-13)27-7-6-23-11-15(27)12-28)17-9-14(10-24-17)20-16(22)4-3-5-19(20)29-2/h3-5,8,10,15,17,23-24,28H,6-7,9,11-12H2,1-2H3/t15-,17?/m1/s1. The number of nitrogens with one attached hydrogen (secondary N) is 2. The normalized spacial score (nSPS) is 21.7. The molecule has 0 radical (unpaired) electrons. The Hall–Kier alpha value is -2.71. The Bertz CT molecular complexity index is 920. The van der Waals surface area contributed by atoms with E-state index < -0.39 is 0 Å². The van der Waals surface area contributed by atoms with Gasteiger partial charge < -0.3 is 25.4 Å². The molecule has 2 aliphatic heterocycles. The lowest BCUT2D eigenvalue weighted by atomic mass is 9.99. The summed E-state index contributed by atoms with van der Waals surface area (Å²) >= 11 is 0. The van der Waals surface area contributed by atoms with Crippen LogP contribution in [0.4, 0.5) is 10.3 Å². The van der Waals surface area contributed by atoms with Crippen molar-refractivity contribution in [2.45, 2.75) is 25.4 Å². The molecule has 2 aromatic rings. The molecule has 1 unspecified atom stereocenters. The Morgan fingerprint density at radius 3 is 3.00 bits per heavy atom. The average Bonchev–Trinajstić information content (AvgIpc) is 3.22. The molecule has 3 heterocycles. The van der Waals surface area contributed by atoms with E-state index in [1.54, 1.807) is 19.2 Å². The number of halogens is 1. The van der Waals surface area contributed by atoms with E-state index in [1.165, 1.54) is 6.07 Å². The molecule has 1 aromatic carbocycles.